The fraction of sp³-hybridized carbons (Fsp3) is 0. The molecule has 0 fully saturated rings. The van der Waals surface area contributed by atoms with E-state index in [0.717, 1.165) is 0 Å². The third-order valence-corrected chi connectivity index (χ3v) is 0. The smallest absolute Gasteiger partial charge is 0.169 e. The predicted molar refractivity (Wildman–Crippen MR) is 10.9 cm³/mol. The summed E-state index contributed by atoms with van der Waals surface area (Å²) in [6.45, 7) is 0. The fourth-order valence-electron chi connectivity index (χ4n) is 0. The molecule has 0 aromatic heterocycles. The number of nitrogens with zero attached hydrogens (tertiary/aromatic N) is 1. The third-order valence-electron chi connectivity index (χ3n) is 0. The van der Waals surface area contributed by atoms with Crippen molar-refractivity contribution < 1.29 is 8.39 Å². The molecule has 0 rings (SSSR count). The molecule has 0 heterocycles. The lowest BCUT2D eigenvalue weighted by Crippen LogP contribution is -0.946. The van der Waals surface area contributed by atoms with Crippen LogP contribution in [0.1, 0.15) is 0 Å². The lowest BCUT2D eigenvalue weighted by Gasteiger charge is -1.41. The van der Waals surface area contributed by atoms with Gasteiger partial charge in [-0.2, -0.15) is 5.00 Å². The van der Waals surface area contributed by atoms with Crippen LogP contribution in [0.3, 0.4) is 0 Å². The van der Waals surface area contributed by atoms with E-state index < -0.39 is 8.18 Å². The van der Waals surface area contributed by atoms with Gasteiger partial charge >= 0.3 is 8.18 Å². The van der Waals surface area contributed by atoms with Gasteiger partial charge in [-0.3, -0.25) is 0 Å². The Labute approximate surface area is 22.8 Å². The van der Waals surface area contributed by atoms with Gasteiger partial charge in [0.05, 0.1) is 0 Å². The topological polar surface area (TPSA) is 23.8 Å². The van der Waals surface area contributed by atoms with Gasteiger partial charge in [0.1, 0.15) is 0 Å². The maximum absolute atomic E-state index is 9.95. The molecule has 1 nitrogen and oxygen atoms in total. The van der Waals surface area contributed by atoms with Crippen molar-refractivity contribution in [1.82, 2.24) is 0 Å². The van der Waals surface area contributed by atoms with Crippen molar-refractivity contribution in [3.8, 4) is 0 Å². The van der Waals surface area contributed by atoms with Crippen LogP contribution in [0.25, 0.3) is 0 Å². The van der Waals surface area contributed by atoms with Crippen LogP contribution in [0, 0.1) is 5.00 Å². The van der Waals surface area contributed by atoms with Crippen molar-refractivity contribution in [2.75, 3.05) is 0 Å². The van der Waals surface area contributed by atoms with Crippen molar-refractivity contribution in [2.24, 2.45) is 0 Å². The molecule has 0 saturated carbocycles. The Morgan fingerprint density at radius 2 is 1.50 bits per heavy atom. The molecule has 0 aromatic carbocycles. The van der Waals surface area contributed by atoms with E-state index in [4.69, 9.17) is 5.00 Å². The van der Waals surface area contributed by atoms with E-state index in [1.54, 1.807) is 0 Å². The van der Waals surface area contributed by atoms with Gasteiger partial charge in [0, 0.05) is 0 Å². The molecule has 0 aliphatic rings. The second kappa shape index (κ2) is 1.22. The highest BCUT2D eigenvalue weighted by atomic mass is 31.2. The van der Waals surface area contributed by atoms with E-state index in [0.29, 0.717) is 0 Å². The van der Waals surface area contributed by atoms with Gasteiger partial charge in [0.15, 0.2) is 0 Å². The number of hydrogen-bond acceptors (Lipinski definition) is 1. The summed E-state index contributed by atoms with van der Waals surface area (Å²) in [6.07, 6.45) is 0. The average Bonchev–Trinajstić information content (AvgIpc) is 0.811. The standard InChI is InChI=1S/F2NP/c1-4(2)3. The van der Waals surface area contributed by atoms with Crippen LogP contribution in [0.2, 0.25) is 0 Å². The second-order valence-electron chi connectivity index (χ2n) is 0.215. The summed E-state index contributed by atoms with van der Waals surface area (Å²) in [4.78, 5) is 0. The van der Waals surface area contributed by atoms with Crippen molar-refractivity contribution in [1.29, 1.82) is 5.00 Å². The third kappa shape index (κ3) is 83.8. The molecule has 0 saturated heterocycles. The Kier molecular flexibility index (Phi) is 1.18. The van der Waals surface area contributed by atoms with E-state index in [-0.39, 0.29) is 0 Å². The number of hydrogen-bond donors (Lipinski definition) is 0. The molecule has 0 unspecified atom stereocenters. The van der Waals surface area contributed by atoms with Crippen LogP contribution in [0.5, 0.6) is 0 Å². The Morgan fingerprint density at radius 3 is 1.50 bits per heavy atom. The predicted octanol–water partition coefficient (Wildman–Crippen LogP) is 1.72. The molecular formula is F2NP. The Morgan fingerprint density at radius 1 is 1.50 bits per heavy atom. The maximum Gasteiger partial charge on any atom is 0.418 e. The molecule has 0 spiro atoms. The van der Waals surface area contributed by atoms with Gasteiger partial charge in [0.2, 0.25) is 0 Å². The van der Waals surface area contributed by atoms with Crippen molar-refractivity contribution in [3.63, 3.8) is 0 Å². The molecule has 0 aliphatic carbocycles. The van der Waals surface area contributed by atoms with Gasteiger partial charge < -0.3 is 0 Å². The normalized spacial score (nSPS) is 6.25. The molecule has 0 amide bonds. The number of rotatable bonds is 0. The zero-order chi connectivity index (χ0) is 3.58. The lowest BCUT2D eigenvalue weighted by molar-refractivity contribution is 0.765. The van der Waals surface area contributed by atoms with Gasteiger partial charge in [-0.05, 0) is 0 Å². The van der Waals surface area contributed by atoms with E-state index in [1.165, 1.54) is 0 Å². The van der Waals surface area contributed by atoms with Crippen LogP contribution in [-0.2, 0) is 0 Å². The first kappa shape index (κ1) is 3.87. The summed E-state index contributed by atoms with van der Waals surface area (Å²) in [5, 5.41) is 6.79. The molecule has 0 N–H and O–H groups in total. The van der Waals surface area contributed by atoms with E-state index >= 15 is 0 Å². The maximum atomic E-state index is 9.95. The SMILES string of the molecule is N#P(F)F. The second-order valence-corrected chi connectivity index (χ2v) is 0.645. The molecule has 4 heteroatoms. The highest BCUT2D eigenvalue weighted by Crippen LogP contribution is 2.16. The first-order chi connectivity index (χ1) is 1.73. The monoisotopic (exact) mass is 83.0 g/mol. The fourth-order valence-corrected chi connectivity index (χ4v) is 0. The Hall–Kier alpha value is -0.130. The summed E-state index contributed by atoms with van der Waals surface area (Å²) in [5.74, 6) is 0. The minimum atomic E-state index is -3.62. The first-order valence-electron chi connectivity index (χ1n) is 0.538. The largest absolute Gasteiger partial charge is 0.418 e. The minimum absolute atomic E-state index is 3.62. The lowest BCUT2D eigenvalue weighted by atomic mass is 14.0. The van der Waals surface area contributed by atoms with E-state index in [9.17, 15) is 8.39 Å². The zero-order valence-electron chi connectivity index (χ0n) is 1.65. The van der Waals surface area contributed by atoms with Crippen molar-refractivity contribution >= 4 is 8.18 Å². The minimum Gasteiger partial charge on any atom is -0.169 e. The molecule has 24 valence electrons. The van der Waals surface area contributed by atoms with Gasteiger partial charge in [-0.25, -0.2) is 0 Å². The molecular weight excluding hydrogens is 83.0 g/mol. The summed E-state index contributed by atoms with van der Waals surface area (Å²) in [7, 11) is -3.62. The van der Waals surface area contributed by atoms with Gasteiger partial charge in [-0.15, -0.1) is 8.39 Å². The average molecular weight is 83.0 g/mol. The van der Waals surface area contributed by atoms with Crippen LogP contribution < -0.4 is 0 Å². The summed E-state index contributed by atoms with van der Waals surface area (Å²) < 4.78 is 19.9. The molecule has 4 heavy (non-hydrogen) atoms. The van der Waals surface area contributed by atoms with E-state index in [2.05, 4.69) is 0 Å². The van der Waals surface area contributed by atoms with Crippen LogP contribution in [0.15, 0.2) is 0 Å². The Bertz CT molecular complexity index is 52.2. The van der Waals surface area contributed by atoms with Crippen LogP contribution >= 0.6 is 8.18 Å². The van der Waals surface area contributed by atoms with Crippen molar-refractivity contribution in [2.45, 2.75) is 0 Å². The van der Waals surface area contributed by atoms with Gasteiger partial charge in [0.25, 0.3) is 0 Å². The molecule has 0 atom stereocenters. The highest BCUT2D eigenvalue weighted by Gasteiger charge is 1.70. The van der Waals surface area contributed by atoms with E-state index in [1.807, 2.05) is 0 Å². The van der Waals surface area contributed by atoms with Crippen LogP contribution in [-0.4, -0.2) is 0 Å². The molecule has 0 bridgehead atoms. The van der Waals surface area contributed by atoms with Crippen LogP contribution in [0.4, 0.5) is 8.39 Å². The van der Waals surface area contributed by atoms with Gasteiger partial charge in [-0.1, -0.05) is 0 Å². The molecule has 0 radical (unpaired) electrons. The molecule has 0 aliphatic heterocycles. The first-order valence-corrected chi connectivity index (χ1v) is 1.61. The summed E-state index contributed by atoms with van der Waals surface area (Å²) in [5.41, 5.74) is 0. The quantitative estimate of drug-likeness (QED) is 0.409. The highest BCUT2D eigenvalue weighted by molar-refractivity contribution is 7.30. The zero-order valence-corrected chi connectivity index (χ0v) is 2.54. The van der Waals surface area contributed by atoms with Crippen molar-refractivity contribution in [3.05, 3.63) is 0 Å². The Balaban J connectivity index is 3.02. The molecule has 0 aromatic rings. The number of halogens is 2. The summed E-state index contributed by atoms with van der Waals surface area (Å²) in [6, 6.07) is 0. The summed E-state index contributed by atoms with van der Waals surface area (Å²) >= 11 is 0.